The Kier molecular flexibility index (Phi) is 5.94. The highest BCUT2D eigenvalue weighted by atomic mass is 35.5. The molecular formula is C22H25ClN2O3. The molecule has 2 N–H and O–H groups in total. The number of hydrogen-bond acceptors (Lipinski definition) is 3. The Labute approximate surface area is 170 Å². The third-order valence-corrected chi connectivity index (χ3v) is 4.81. The fourth-order valence-electron chi connectivity index (χ4n) is 2.66. The number of hydrogen-bond donors (Lipinski definition) is 2. The summed E-state index contributed by atoms with van der Waals surface area (Å²) in [5.41, 5.74) is 2.19. The Morgan fingerprint density at radius 2 is 1.79 bits per heavy atom. The van der Waals surface area contributed by atoms with E-state index in [0.29, 0.717) is 22.0 Å². The Hall–Kier alpha value is -2.53. The number of rotatable bonds is 6. The van der Waals surface area contributed by atoms with Crippen LogP contribution in [0.4, 0.5) is 5.69 Å². The van der Waals surface area contributed by atoms with Crippen molar-refractivity contribution in [2.24, 2.45) is 0 Å². The van der Waals surface area contributed by atoms with Gasteiger partial charge in [0.05, 0.1) is 10.6 Å². The summed E-state index contributed by atoms with van der Waals surface area (Å²) in [7, 11) is 0. The van der Waals surface area contributed by atoms with Crippen LogP contribution in [0.1, 0.15) is 49.5 Å². The van der Waals surface area contributed by atoms with Crippen LogP contribution in [-0.4, -0.2) is 24.5 Å². The molecule has 6 heteroatoms. The summed E-state index contributed by atoms with van der Waals surface area (Å²) in [6, 6.07) is 12.8. The SMILES string of the molecule is CC(C)(C)c1ccc(OCC(=O)Nc2ccc(C(=O)NC3CC3)c(Cl)c2)cc1. The molecule has 0 unspecified atom stereocenters. The Bertz CT molecular complexity index is 868. The van der Waals surface area contributed by atoms with E-state index >= 15 is 0 Å². The summed E-state index contributed by atoms with van der Waals surface area (Å²) < 4.78 is 5.54. The lowest BCUT2D eigenvalue weighted by Gasteiger charge is -2.19. The Morgan fingerprint density at radius 1 is 1.11 bits per heavy atom. The zero-order valence-corrected chi connectivity index (χ0v) is 17.1. The molecule has 0 atom stereocenters. The van der Waals surface area contributed by atoms with Gasteiger partial charge >= 0.3 is 0 Å². The summed E-state index contributed by atoms with van der Waals surface area (Å²) in [6.45, 7) is 6.31. The van der Waals surface area contributed by atoms with Gasteiger partial charge in [0.1, 0.15) is 5.75 Å². The van der Waals surface area contributed by atoms with E-state index < -0.39 is 0 Å². The molecule has 0 bridgehead atoms. The van der Waals surface area contributed by atoms with Crippen LogP contribution in [0.3, 0.4) is 0 Å². The molecule has 3 rings (SSSR count). The maximum absolute atomic E-state index is 12.1. The van der Waals surface area contributed by atoms with E-state index in [1.165, 1.54) is 5.56 Å². The van der Waals surface area contributed by atoms with Gasteiger partial charge < -0.3 is 15.4 Å². The number of anilines is 1. The van der Waals surface area contributed by atoms with Gasteiger partial charge in [0, 0.05) is 11.7 Å². The summed E-state index contributed by atoms with van der Waals surface area (Å²) in [5.74, 6) is 0.145. The minimum atomic E-state index is -0.300. The fourth-order valence-corrected chi connectivity index (χ4v) is 2.93. The lowest BCUT2D eigenvalue weighted by molar-refractivity contribution is -0.118. The average molecular weight is 401 g/mol. The van der Waals surface area contributed by atoms with Crippen molar-refractivity contribution in [2.75, 3.05) is 11.9 Å². The van der Waals surface area contributed by atoms with Crippen molar-refractivity contribution in [1.29, 1.82) is 0 Å². The zero-order valence-electron chi connectivity index (χ0n) is 16.3. The molecule has 2 amide bonds. The van der Waals surface area contributed by atoms with Crippen molar-refractivity contribution >= 4 is 29.1 Å². The standard InChI is InChI=1S/C22H25ClN2O3/c1-22(2,3)14-4-9-17(10-5-14)28-13-20(26)24-16-8-11-18(19(23)12-16)21(27)25-15-6-7-15/h4-5,8-12,15H,6-7,13H2,1-3H3,(H,24,26)(H,25,27). The minimum absolute atomic E-state index is 0.0664. The molecule has 1 aliphatic rings. The highest BCUT2D eigenvalue weighted by Gasteiger charge is 2.24. The molecule has 2 aromatic rings. The van der Waals surface area contributed by atoms with Crippen molar-refractivity contribution in [3.05, 3.63) is 58.6 Å². The Balaban J connectivity index is 1.53. The molecule has 1 saturated carbocycles. The highest BCUT2D eigenvalue weighted by molar-refractivity contribution is 6.34. The molecule has 28 heavy (non-hydrogen) atoms. The van der Waals surface area contributed by atoms with Gasteiger partial charge in [-0.1, -0.05) is 44.5 Å². The number of carbonyl (C=O) groups excluding carboxylic acids is 2. The molecule has 0 radical (unpaired) electrons. The van der Waals surface area contributed by atoms with Crippen LogP contribution in [0.15, 0.2) is 42.5 Å². The van der Waals surface area contributed by atoms with Crippen molar-refractivity contribution in [2.45, 2.75) is 45.1 Å². The molecule has 0 spiro atoms. The van der Waals surface area contributed by atoms with Crippen LogP contribution < -0.4 is 15.4 Å². The molecule has 2 aromatic carbocycles. The lowest BCUT2D eigenvalue weighted by atomic mass is 9.87. The topological polar surface area (TPSA) is 67.4 Å². The van der Waals surface area contributed by atoms with E-state index in [2.05, 4.69) is 31.4 Å². The first-order valence-corrected chi connectivity index (χ1v) is 9.74. The molecular weight excluding hydrogens is 376 g/mol. The van der Waals surface area contributed by atoms with E-state index in [4.69, 9.17) is 16.3 Å². The summed E-state index contributed by atoms with van der Waals surface area (Å²) in [5, 5.41) is 5.92. The van der Waals surface area contributed by atoms with Crippen molar-refractivity contribution in [1.82, 2.24) is 5.32 Å². The highest BCUT2D eigenvalue weighted by Crippen LogP contribution is 2.25. The van der Waals surface area contributed by atoms with Crippen LogP contribution in [0.25, 0.3) is 0 Å². The van der Waals surface area contributed by atoms with E-state index in [1.54, 1.807) is 18.2 Å². The first-order chi connectivity index (χ1) is 13.2. The third kappa shape index (κ3) is 5.49. The van der Waals surface area contributed by atoms with Crippen molar-refractivity contribution in [3.8, 4) is 5.75 Å². The van der Waals surface area contributed by atoms with Crippen LogP contribution >= 0.6 is 11.6 Å². The van der Waals surface area contributed by atoms with Gasteiger partial charge in [-0.2, -0.15) is 0 Å². The molecule has 1 aliphatic carbocycles. The number of halogens is 1. The van der Waals surface area contributed by atoms with Gasteiger partial charge in [0.25, 0.3) is 11.8 Å². The predicted molar refractivity (Wildman–Crippen MR) is 111 cm³/mol. The number of amides is 2. The number of nitrogens with one attached hydrogen (secondary N) is 2. The minimum Gasteiger partial charge on any atom is -0.484 e. The molecule has 0 aliphatic heterocycles. The monoisotopic (exact) mass is 400 g/mol. The summed E-state index contributed by atoms with van der Waals surface area (Å²) >= 11 is 6.19. The van der Waals surface area contributed by atoms with Gasteiger partial charge in [-0.15, -0.1) is 0 Å². The predicted octanol–water partition coefficient (Wildman–Crippen LogP) is 4.55. The van der Waals surface area contributed by atoms with Gasteiger partial charge in [-0.05, 0) is 54.2 Å². The van der Waals surface area contributed by atoms with Gasteiger partial charge in [0.2, 0.25) is 0 Å². The number of benzene rings is 2. The van der Waals surface area contributed by atoms with E-state index in [9.17, 15) is 9.59 Å². The smallest absolute Gasteiger partial charge is 0.262 e. The second kappa shape index (κ2) is 8.23. The number of carbonyl (C=O) groups is 2. The molecule has 0 aromatic heterocycles. The molecule has 1 fully saturated rings. The number of ether oxygens (including phenoxy) is 1. The van der Waals surface area contributed by atoms with E-state index in [-0.39, 0.29) is 29.9 Å². The largest absolute Gasteiger partial charge is 0.484 e. The van der Waals surface area contributed by atoms with Crippen LogP contribution in [0, 0.1) is 0 Å². The molecule has 0 heterocycles. The zero-order chi connectivity index (χ0) is 20.3. The van der Waals surface area contributed by atoms with Gasteiger partial charge in [-0.25, -0.2) is 0 Å². The van der Waals surface area contributed by atoms with Crippen LogP contribution in [-0.2, 0) is 10.2 Å². The van der Waals surface area contributed by atoms with Crippen LogP contribution in [0.2, 0.25) is 5.02 Å². The third-order valence-electron chi connectivity index (χ3n) is 4.50. The normalized spacial score (nSPS) is 13.7. The van der Waals surface area contributed by atoms with Crippen LogP contribution in [0.5, 0.6) is 5.75 Å². The molecule has 5 nitrogen and oxygen atoms in total. The van der Waals surface area contributed by atoms with E-state index in [1.807, 2.05) is 24.3 Å². The van der Waals surface area contributed by atoms with Crippen molar-refractivity contribution in [3.63, 3.8) is 0 Å². The molecule has 148 valence electrons. The maximum Gasteiger partial charge on any atom is 0.262 e. The first-order valence-electron chi connectivity index (χ1n) is 9.36. The van der Waals surface area contributed by atoms with Crippen molar-refractivity contribution < 1.29 is 14.3 Å². The van der Waals surface area contributed by atoms with E-state index in [0.717, 1.165) is 12.8 Å². The first kappa shape index (κ1) is 20.2. The second-order valence-electron chi connectivity index (χ2n) is 8.05. The Morgan fingerprint density at radius 3 is 2.36 bits per heavy atom. The lowest BCUT2D eigenvalue weighted by Crippen LogP contribution is -2.25. The average Bonchev–Trinajstić information content (AvgIpc) is 3.43. The summed E-state index contributed by atoms with van der Waals surface area (Å²) in [6.07, 6.45) is 2.02. The summed E-state index contributed by atoms with van der Waals surface area (Å²) in [4.78, 5) is 24.2. The second-order valence-corrected chi connectivity index (χ2v) is 8.46. The molecule has 0 saturated heterocycles. The quantitative estimate of drug-likeness (QED) is 0.747. The van der Waals surface area contributed by atoms with Gasteiger partial charge in [0.15, 0.2) is 6.61 Å². The van der Waals surface area contributed by atoms with Gasteiger partial charge in [-0.3, -0.25) is 9.59 Å². The fraction of sp³-hybridized carbons (Fsp3) is 0.364. The maximum atomic E-state index is 12.1.